The quantitative estimate of drug-likeness (QED) is 0.449. The first-order chi connectivity index (χ1) is 5.43. The summed E-state index contributed by atoms with van der Waals surface area (Å²) in [6, 6.07) is 0. The van der Waals surface area contributed by atoms with Crippen molar-refractivity contribution in [1.82, 2.24) is 4.90 Å². The average molecular weight is 160 g/mol. The molecule has 0 unspecified atom stereocenters. The molecule has 0 radical (unpaired) electrons. The second-order valence-electron chi connectivity index (χ2n) is 2.68. The monoisotopic (exact) mass is 160 g/mol. The Morgan fingerprint density at radius 2 is 2.09 bits per heavy atom. The first-order valence-corrected chi connectivity index (χ1v) is 4.05. The topological polar surface area (TPSA) is 47.7 Å². The highest BCUT2D eigenvalue weighted by Crippen LogP contribution is 1.97. The Morgan fingerprint density at radius 3 is 2.73 bits per heavy atom. The summed E-state index contributed by atoms with van der Waals surface area (Å²) in [5.41, 5.74) is 0. The van der Waals surface area contributed by atoms with Crippen molar-refractivity contribution in [3.8, 4) is 0 Å². The van der Waals surface area contributed by atoms with Crippen LogP contribution < -0.4 is 5.90 Å². The van der Waals surface area contributed by atoms with Crippen LogP contribution in [0.25, 0.3) is 0 Å². The van der Waals surface area contributed by atoms with Gasteiger partial charge in [-0.15, -0.1) is 0 Å². The lowest BCUT2D eigenvalue weighted by atomic mass is 10.3. The first kappa shape index (κ1) is 8.93. The van der Waals surface area contributed by atoms with Crippen LogP contribution in [0.3, 0.4) is 0 Å². The molecule has 1 saturated heterocycles. The Balaban J connectivity index is 1.96. The van der Waals surface area contributed by atoms with E-state index in [1.54, 1.807) is 0 Å². The van der Waals surface area contributed by atoms with Gasteiger partial charge in [0.05, 0.1) is 19.8 Å². The molecule has 4 heteroatoms. The van der Waals surface area contributed by atoms with Crippen molar-refractivity contribution in [1.29, 1.82) is 0 Å². The lowest BCUT2D eigenvalue weighted by Crippen LogP contribution is -2.37. The van der Waals surface area contributed by atoms with Gasteiger partial charge in [-0.1, -0.05) is 0 Å². The normalized spacial score (nSPS) is 20.5. The molecule has 1 aliphatic heterocycles. The molecule has 0 atom stereocenters. The molecule has 2 N–H and O–H groups in total. The summed E-state index contributed by atoms with van der Waals surface area (Å²) in [5.74, 6) is 4.90. The third kappa shape index (κ3) is 3.67. The molecule has 0 aromatic heterocycles. The fourth-order valence-corrected chi connectivity index (χ4v) is 1.20. The van der Waals surface area contributed by atoms with Gasteiger partial charge in [-0.05, 0) is 6.42 Å². The molecule has 1 rings (SSSR count). The van der Waals surface area contributed by atoms with E-state index in [-0.39, 0.29) is 0 Å². The third-order valence-electron chi connectivity index (χ3n) is 1.84. The van der Waals surface area contributed by atoms with Crippen LogP contribution in [-0.2, 0) is 9.57 Å². The minimum absolute atomic E-state index is 0.650. The minimum atomic E-state index is 0.650. The summed E-state index contributed by atoms with van der Waals surface area (Å²) in [6.45, 7) is 5.54. The summed E-state index contributed by atoms with van der Waals surface area (Å²) in [5, 5.41) is 0. The van der Waals surface area contributed by atoms with Crippen LogP contribution in [0.2, 0.25) is 0 Å². The van der Waals surface area contributed by atoms with Gasteiger partial charge in [-0.25, -0.2) is 5.90 Å². The Kier molecular flexibility index (Phi) is 4.45. The Hall–Kier alpha value is -0.160. The maximum atomic E-state index is 5.21. The fourth-order valence-electron chi connectivity index (χ4n) is 1.20. The van der Waals surface area contributed by atoms with Crippen molar-refractivity contribution < 1.29 is 9.57 Å². The van der Waals surface area contributed by atoms with Gasteiger partial charge in [-0.2, -0.15) is 0 Å². The van der Waals surface area contributed by atoms with E-state index in [1.165, 1.54) is 0 Å². The minimum Gasteiger partial charge on any atom is -0.379 e. The summed E-state index contributed by atoms with van der Waals surface area (Å²) in [7, 11) is 0. The molecule has 0 aliphatic carbocycles. The van der Waals surface area contributed by atoms with Crippen LogP contribution >= 0.6 is 0 Å². The molecule has 1 aliphatic rings. The van der Waals surface area contributed by atoms with Crippen LogP contribution in [0.4, 0.5) is 0 Å². The molecule has 0 spiro atoms. The first-order valence-electron chi connectivity index (χ1n) is 4.05. The van der Waals surface area contributed by atoms with Gasteiger partial charge < -0.3 is 9.57 Å². The maximum absolute atomic E-state index is 5.21. The van der Waals surface area contributed by atoms with E-state index < -0.39 is 0 Å². The van der Waals surface area contributed by atoms with Gasteiger partial charge >= 0.3 is 0 Å². The molecular formula is C7H16N2O2. The number of morpholine rings is 1. The van der Waals surface area contributed by atoms with Crippen molar-refractivity contribution in [2.75, 3.05) is 39.5 Å². The second-order valence-corrected chi connectivity index (χ2v) is 2.68. The van der Waals surface area contributed by atoms with E-state index >= 15 is 0 Å². The number of nitrogens with zero attached hydrogens (tertiary/aromatic N) is 1. The molecule has 4 nitrogen and oxygen atoms in total. The van der Waals surface area contributed by atoms with Gasteiger partial charge in [0.2, 0.25) is 0 Å². The van der Waals surface area contributed by atoms with Gasteiger partial charge in [0.1, 0.15) is 0 Å². The summed E-state index contributed by atoms with van der Waals surface area (Å²) < 4.78 is 5.21. The van der Waals surface area contributed by atoms with E-state index in [2.05, 4.69) is 9.74 Å². The van der Waals surface area contributed by atoms with Gasteiger partial charge in [0.15, 0.2) is 0 Å². The van der Waals surface area contributed by atoms with Crippen LogP contribution in [0.1, 0.15) is 6.42 Å². The van der Waals surface area contributed by atoms with Crippen molar-refractivity contribution >= 4 is 0 Å². The zero-order chi connectivity index (χ0) is 7.94. The molecular weight excluding hydrogens is 144 g/mol. The van der Waals surface area contributed by atoms with E-state index in [1.807, 2.05) is 0 Å². The molecule has 11 heavy (non-hydrogen) atoms. The number of hydrogen-bond donors (Lipinski definition) is 1. The highest BCUT2D eigenvalue weighted by Gasteiger charge is 2.08. The summed E-state index contributed by atoms with van der Waals surface area (Å²) in [4.78, 5) is 6.84. The molecule has 0 aromatic carbocycles. The van der Waals surface area contributed by atoms with Crippen molar-refractivity contribution in [2.24, 2.45) is 5.90 Å². The highest BCUT2D eigenvalue weighted by atomic mass is 16.6. The zero-order valence-electron chi connectivity index (χ0n) is 6.79. The average Bonchev–Trinajstić information content (AvgIpc) is 2.07. The molecule has 0 bridgehead atoms. The van der Waals surface area contributed by atoms with Crippen molar-refractivity contribution in [3.05, 3.63) is 0 Å². The predicted octanol–water partition coefficient (Wildman–Crippen LogP) is -0.401. The smallest absolute Gasteiger partial charge is 0.0691 e. The molecule has 0 saturated carbocycles. The highest BCUT2D eigenvalue weighted by molar-refractivity contribution is 4.60. The van der Waals surface area contributed by atoms with Crippen LogP contribution in [-0.4, -0.2) is 44.4 Å². The number of nitrogens with two attached hydrogens (primary N) is 1. The van der Waals surface area contributed by atoms with E-state index in [4.69, 9.17) is 10.6 Å². The number of ether oxygens (including phenoxy) is 1. The van der Waals surface area contributed by atoms with Gasteiger partial charge in [0, 0.05) is 19.6 Å². The SMILES string of the molecule is NOCCCN1CCOCC1. The van der Waals surface area contributed by atoms with E-state index in [9.17, 15) is 0 Å². The van der Waals surface area contributed by atoms with Gasteiger partial charge in [0.25, 0.3) is 0 Å². The zero-order valence-corrected chi connectivity index (χ0v) is 6.79. The maximum Gasteiger partial charge on any atom is 0.0691 e. The predicted molar refractivity (Wildman–Crippen MR) is 42.0 cm³/mol. The molecule has 0 amide bonds. The Bertz CT molecular complexity index is 94.4. The number of rotatable bonds is 4. The largest absolute Gasteiger partial charge is 0.379 e. The molecule has 66 valence electrons. The lowest BCUT2D eigenvalue weighted by Gasteiger charge is -2.26. The Morgan fingerprint density at radius 1 is 1.36 bits per heavy atom. The van der Waals surface area contributed by atoms with Crippen molar-refractivity contribution in [2.45, 2.75) is 6.42 Å². The fraction of sp³-hybridized carbons (Fsp3) is 1.00. The second kappa shape index (κ2) is 5.49. The third-order valence-corrected chi connectivity index (χ3v) is 1.84. The van der Waals surface area contributed by atoms with E-state index in [0.29, 0.717) is 6.61 Å². The number of hydrogen-bond acceptors (Lipinski definition) is 4. The lowest BCUT2D eigenvalue weighted by molar-refractivity contribution is 0.0319. The molecule has 0 aromatic rings. The van der Waals surface area contributed by atoms with Crippen LogP contribution in [0, 0.1) is 0 Å². The molecule has 1 heterocycles. The summed E-state index contributed by atoms with van der Waals surface area (Å²) in [6.07, 6.45) is 1.01. The van der Waals surface area contributed by atoms with E-state index in [0.717, 1.165) is 39.3 Å². The van der Waals surface area contributed by atoms with Crippen LogP contribution in [0.5, 0.6) is 0 Å². The van der Waals surface area contributed by atoms with Crippen LogP contribution in [0.15, 0.2) is 0 Å². The Labute approximate surface area is 67.2 Å². The standard InChI is InChI=1S/C7H16N2O2/c8-11-5-1-2-9-3-6-10-7-4-9/h1-8H2. The van der Waals surface area contributed by atoms with Gasteiger partial charge in [-0.3, -0.25) is 4.90 Å². The molecule has 1 fully saturated rings. The summed E-state index contributed by atoms with van der Waals surface area (Å²) >= 11 is 0. The van der Waals surface area contributed by atoms with Crippen molar-refractivity contribution in [3.63, 3.8) is 0 Å².